The van der Waals surface area contributed by atoms with Crippen LogP contribution in [0, 0.1) is 0 Å². The van der Waals surface area contributed by atoms with Crippen LogP contribution in [-0.4, -0.2) is 24.0 Å². The normalized spacial score (nSPS) is 15.3. The molecule has 0 atom stereocenters. The minimum atomic E-state index is 0.623. The van der Waals surface area contributed by atoms with Crippen LogP contribution in [0.25, 0.3) is 0 Å². The highest BCUT2D eigenvalue weighted by Gasteiger charge is 2.16. The summed E-state index contributed by atoms with van der Waals surface area (Å²) in [5, 5.41) is 3.47. The van der Waals surface area contributed by atoms with Gasteiger partial charge in [0.1, 0.15) is 0 Å². The highest BCUT2D eigenvalue weighted by atomic mass is 15.1. The minimum Gasteiger partial charge on any atom is -0.315 e. The van der Waals surface area contributed by atoms with Gasteiger partial charge in [-0.05, 0) is 37.1 Å². The van der Waals surface area contributed by atoms with Crippen LogP contribution in [0.3, 0.4) is 0 Å². The molecule has 2 nitrogen and oxygen atoms in total. The highest BCUT2D eigenvalue weighted by Crippen LogP contribution is 2.22. The van der Waals surface area contributed by atoms with Gasteiger partial charge in [-0.25, -0.2) is 0 Å². The molecule has 2 heteroatoms. The van der Waals surface area contributed by atoms with E-state index in [0.29, 0.717) is 6.04 Å². The van der Waals surface area contributed by atoms with Crippen LogP contribution in [-0.2, 0) is 13.1 Å². The first-order valence-electron chi connectivity index (χ1n) is 7.28. The summed E-state index contributed by atoms with van der Waals surface area (Å²) in [7, 11) is 0. The molecule has 0 saturated carbocycles. The molecular weight excluding hydrogens is 220 g/mol. The molecule has 100 valence electrons. The maximum atomic E-state index is 3.47. The quantitative estimate of drug-likeness (QED) is 0.743. The van der Waals surface area contributed by atoms with Crippen LogP contribution in [0.5, 0.6) is 0 Å². The van der Waals surface area contributed by atoms with Crippen molar-refractivity contribution in [3.8, 4) is 0 Å². The van der Waals surface area contributed by atoms with Crippen molar-refractivity contribution in [1.29, 1.82) is 0 Å². The third-order valence-corrected chi connectivity index (χ3v) is 3.61. The summed E-state index contributed by atoms with van der Waals surface area (Å²) in [6.07, 6.45) is 3.97. The SMILES string of the molecule is CC(C)NCCCCCN1Cc2ccccc2C1. The van der Waals surface area contributed by atoms with E-state index in [1.807, 2.05) is 0 Å². The summed E-state index contributed by atoms with van der Waals surface area (Å²) in [6.45, 7) is 9.14. The average Bonchev–Trinajstić information content (AvgIpc) is 2.75. The van der Waals surface area contributed by atoms with E-state index >= 15 is 0 Å². The zero-order valence-electron chi connectivity index (χ0n) is 11.8. The molecule has 1 aliphatic heterocycles. The van der Waals surface area contributed by atoms with Gasteiger partial charge in [0.25, 0.3) is 0 Å². The smallest absolute Gasteiger partial charge is 0.0240 e. The molecule has 0 aromatic heterocycles. The third-order valence-electron chi connectivity index (χ3n) is 3.61. The second kappa shape index (κ2) is 6.91. The molecule has 0 aliphatic carbocycles. The standard InChI is InChI=1S/C16H26N2/c1-14(2)17-10-6-3-7-11-18-12-15-8-4-5-9-16(15)13-18/h4-5,8-9,14,17H,3,6-7,10-13H2,1-2H3. The number of benzene rings is 1. The molecule has 2 rings (SSSR count). The van der Waals surface area contributed by atoms with Crippen molar-refractivity contribution >= 4 is 0 Å². The fraction of sp³-hybridized carbons (Fsp3) is 0.625. The Morgan fingerprint density at radius 3 is 2.33 bits per heavy atom. The zero-order chi connectivity index (χ0) is 12.8. The monoisotopic (exact) mass is 246 g/mol. The van der Waals surface area contributed by atoms with Crippen LogP contribution < -0.4 is 5.32 Å². The molecule has 0 unspecified atom stereocenters. The number of hydrogen-bond donors (Lipinski definition) is 1. The summed E-state index contributed by atoms with van der Waals surface area (Å²) >= 11 is 0. The van der Waals surface area contributed by atoms with Gasteiger partial charge in [0.05, 0.1) is 0 Å². The Morgan fingerprint density at radius 1 is 1.06 bits per heavy atom. The number of hydrogen-bond acceptors (Lipinski definition) is 2. The van der Waals surface area contributed by atoms with E-state index in [2.05, 4.69) is 48.3 Å². The van der Waals surface area contributed by atoms with E-state index in [9.17, 15) is 0 Å². The first kappa shape index (κ1) is 13.6. The first-order valence-corrected chi connectivity index (χ1v) is 7.28. The molecule has 0 bridgehead atoms. The maximum Gasteiger partial charge on any atom is 0.0240 e. The molecule has 1 N–H and O–H groups in total. The third kappa shape index (κ3) is 4.11. The molecule has 0 saturated heterocycles. The molecule has 18 heavy (non-hydrogen) atoms. The molecular formula is C16H26N2. The predicted molar refractivity (Wildman–Crippen MR) is 77.5 cm³/mol. The molecule has 1 aromatic carbocycles. The predicted octanol–water partition coefficient (Wildman–Crippen LogP) is 3.17. The van der Waals surface area contributed by atoms with E-state index in [1.54, 1.807) is 0 Å². The fourth-order valence-corrected chi connectivity index (χ4v) is 2.59. The Bertz CT molecular complexity index is 335. The second-order valence-electron chi connectivity index (χ2n) is 5.65. The average molecular weight is 246 g/mol. The molecule has 0 radical (unpaired) electrons. The van der Waals surface area contributed by atoms with Crippen molar-refractivity contribution in [3.05, 3.63) is 35.4 Å². The van der Waals surface area contributed by atoms with E-state index in [4.69, 9.17) is 0 Å². The van der Waals surface area contributed by atoms with Crippen LogP contribution in [0.15, 0.2) is 24.3 Å². The van der Waals surface area contributed by atoms with Crippen molar-refractivity contribution in [2.24, 2.45) is 0 Å². The number of rotatable bonds is 7. The lowest BCUT2D eigenvalue weighted by atomic mass is 10.1. The van der Waals surface area contributed by atoms with Crippen molar-refractivity contribution in [2.75, 3.05) is 13.1 Å². The molecule has 0 amide bonds. The van der Waals surface area contributed by atoms with Crippen LogP contribution in [0.4, 0.5) is 0 Å². The Hall–Kier alpha value is -0.860. The number of fused-ring (bicyclic) bond motifs is 1. The van der Waals surface area contributed by atoms with Gasteiger partial charge < -0.3 is 5.32 Å². The summed E-state index contributed by atoms with van der Waals surface area (Å²) < 4.78 is 0. The van der Waals surface area contributed by atoms with Gasteiger partial charge in [-0.3, -0.25) is 4.90 Å². The van der Waals surface area contributed by atoms with Crippen molar-refractivity contribution < 1.29 is 0 Å². The Balaban J connectivity index is 1.57. The van der Waals surface area contributed by atoms with Gasteiger partial charge in [0, 0.05) is 19.1 Å². The van der Waals surface area contributed by atoms with Crippen LogP contribution in [0.2, 0.25) is 0 Å². The minimum absolute atomic E-state index is 0.623. The number of nitrogens with one attached hydrogen (secondary N) is 1. The van der Waals surface area contributed by atoms with Gasteiger partial charge in [-0.2, -0.15) is 0 Å². The van der Waals surface area contributed by atoms with E-state index in [0.717, 1.165) is 19.6 Å². The van der Waals surface area contributed by atoms with Gasteiger partial charge in [-0.1, -0.05) is 44.5 Å². The summed E-state index contributed by atoms with van der Waals surface area (Å²) in [6, 6.07) is 9.46. The van der Waals surface area contributed by atoms with Gasteiger partial charge in [0.15, 0.2) is 0 Å². The second-order valence-corrected chi connectivity index (χ2v) is 5.65. The maximum absolute atomic E-state index is 3.47. The molecule has 1 aromatic rings. The van der Waals surface area contributed by atoms with Crippen molar-refractivity contribution in [3.63, 3.8) is 0 Å². The lowest BCUT2D eigenvalue weighted by Gasteiger charge is -2.14. The van der Waals surface area contributed by atoms with E-state index in [-0.39, 0.29) is 0 Å². The van der Waals surface area contributed by atoms with Crippen molar-refractivity contribution in [2.45, 2.75) is 52.2 Å². The summed E-state index contributed by atoms with van der Waals surface area (Å²) in [4.78, 5) is 2.57. The number of unbranched alkanes of at least 4 members (excludes halogenated alkanes) is 2. The van der Waals surface area contributed by atoms with Gasteiger partial charge in [0.2, 0.25) is 0 Å². The first-order chi connectivity index (χ1) is 8.75. The van der Waals surface area contributed by atoms with E-state index < -0.39 is 0 Å². The molecule has 1 aliphatic rings. The Kier molecular flexibility index (Phi) is 5.21. The van der Waals surface area contributed by atoms with Crippen molar-refractivity contribution in [1.82, 2.24) is 10.2 Å². The molecule has 0 fully saturated rings. The van der Waals surface area contributed by atoms with Crippen LogP contribution >= 0.6 is 0 Å². The topological polar surface area (TPSA) is 15.3 Å². The lowest BCUT2D eigenvalue weighted by molar-refractivity contribution is 0.276. The molecule has 0 spiro atoms. The largest absolute Gasteiger partial charge is 0.315 e. The van der Waals surface area contributed by atoms with E-state index in [1.165, 1.54) is 36.9 Å². The van der Waals surface area contributed by atoms with Gasteiger partial charge >= 0.3 is 0 Å². The Labute approximate surface area is 111 Å². The fourth-order valence-electron chi connectivity index (χ4n) is 2.59. The lowest BCUT2D eigenvalue weighted by Crippen LogP contribution is -2.24. The summed E-state index contributed by atoms with van der Waals surface area (Å²) in [5.41, 5.74) is 3.05. The zero-order valence-corrected chi connectivity index (χ0v) is 11.8. The van der Waals surface area contributed by atoms with Gasteiger partial charge in [-0.15, -0.1) is 0 Å². The summed E-state index contributed by atoms with van der Waals surface area (Å²) in [5.74, 6) is 0. The highest BCUT2D eigenvalue weighted by molar-refractivity contribution is 5.30. The molecule has 1 heterocycles. The Morgan fingerprint density at radius 2 is 1.72 bits per heavy atom. The number of nitrogens with zero attached hydrogens (tertiary/aromatic N) is 1. The van der Waals surface area contributed by atoms with Crippen LogP contribution in [0.1, 0.15) is 44.2 Å².